The second-order valence-electron chi connectivity index (χ2n) is 6.01. The fourth-order valence-electron chi connectivity index (χ4n) is 3.31. The van der Waals surface area contributed by atoms with Crippen LogP contribution in [0.5, 0.6) is 0 Å². The maximum Gasteiger partial charge on any atom is 0.230 e. The number of nitrogens with one attached hydrogen (secondary N) is 2. The standard InChI is InChI=1S/C15H22N4O2/c1-2-11-8-13(18-17-11)16-15(21)10-7-14(20)19(9-10)12-5-3-4-6-12/h8,10,12H,2-7,9H2,1H3,(H2,16,17,18,21). The lowest BCUT2D eigenvalue weighted by Gasteiger charge is -2.23. The van der Waals surface area contributed by atoms with Crippen molar-refractivity contribution in [1.82, 2.24) is 15.1 Å². The van der Waals surface area contributed by atoms with Crippen molar-refractivity contribution < 1.29 is 9.59 Å². The van der Waals surface area contributed by atoms with E-state index in [1.807, 2.05) is 17.9 Å². The molecule has 0 radical (unpaired) electrons. The molecule has 1 saturated carbocycles. The van der Waals surface area contributed by atoms with Crippen molar-refractivity contribution in [3.05, 3.63) is 11.8 Å². The number of H-pyrrole nitrogens is 1. The lowest BCUT2D eigenvalue weighted by atomic mass is 10.1. The predicted molar refractivity (Wildman–Crippen MR) is 78.7 cm³/mol. The highest BCUT2D eigenvalue weighted by Crippen LogP contribution is 2.29. The Morgan fingerprint density at radius 2 is 2.24 bits per heavy atom. The SMILES string of the molecule is CCc1cc(NC(=O)C2CC(=O)N(C3CCCC3)C2)n[nH]1. The molecule has 1 aliphatic carbocycles. The molecular formula is C15H22N4O2. The van der Waals surface area contributed by atoms with Crippen LogP contribution in [0, 0.1) is 5.92 Å². The van der Waals surface area contributed by atoms with Gasteiger partial charge in [-0.2, -0.15) is 5.10 Å². The summed E-state index contributed by atoms with van der Waals surface area (Å²) >= 11 is 0. The van der Waals surface area contributed by atoms with E-state index in [9.17, 15) is 9.59 Å². The number of aromatic nitrogens is 2. The van der Waals surface area contributed by atoms with Gasteiger partial charge >= 0.3 is 0 Å². The van der Waals surface area contributed by atoms with Gasteiger partial charge in [0.1, 0.15) is 0 Å². The van der Waals surface area contributed by atoms with E-state index < -0.39 is 0 Å². The van der Waals surface area contributed by atoms with E-state index in [0.29, 0.717) is 24.8 Å². The van der Waals surface area contributed by atoms with Crippen LogP contribution >= 0.6 is 0 Å². The van der Waals surface area contributed by atoms with Gasteiger partial charge in [-0.3, -0.25) is 14.7 Å². The molecule has 1 aromatic rings. The lowest BCUT2D eigenvalue weighted by Crippen LogP contribution is -2.35. The van der Waals surface area contributed by atoms with Crippen LogP contribution in [-0.2, 0) is 16.0 Å². The second kappa shape index (κ2) is 5.87. The van der Waals surface area contributed by atoms with Gasteiger partial charge in [0.05, 0.1) is 5.92 Å². The fraction of sp³-hybridized carbons (Fsp3) is 0.667. The van der Waals surface area contributed by atoms with Gasteiger partial charge in [-0.25, -0.2) is 0 Å². The van der Waals surface area contributed by atoms with Gasteiger partial charge in [-0.1, -0.05) is 19.8 Å². The smallest absolute Gasteiger partial charge is 0.230 e. The topological polar surface area (TPSA) is 78.1 Å². The van der Waals surface area contributed by atoms with Crippen LogP contribution in [0.15, 0.2) is 6.07 Å². The number of anilines is 1. The van der Waals surface area contributed by atoms with Gasteiger partial charge < -0.3 is 10.2 Å². The van der Waals surface area contributed by atoms with Crippen molar-refractivity contribution in [2.45, 2.75) is 51.5 Å². The normalized spacial score (nSPS) is 23.0. The molecule has 1 atom stereocenters. The molecule has 0 bridgehead atoms. The summed E-state index contributed by atoms with van der Waals surface area (Å²) in [6.45, 7) is 2.58. The highest BCUT2D eigenvalue weighted by atomic mass is 16.2. The van der Waals surface area contributed by atoms with E-state index in [1.165, 1.54) is 12.8 Å². The number of rotatable bonds is 4. The maximum absolute atomic E-state index is 12.3. The van der Waals surface area contributed by atoms with Crippen molar-refractivity contribution in [2.75, 3.05) is 11.9 Å². The Bertz CT molecular complexity index is 534. The van der Waals surface area contributed by atoms with Crippen molar-refractivity contribution in [3.63, 3.8) is 0 Å². The third-order valence-electron chi connectivity index (χ3n) is 4.56. The first-order valence-corrected chi connectivity index (χ1v) is 7.82. The Labute approximate surface area is 124 Å². The first kappa shape index (κ1) is 14.1. The molecule has 114 valence electrons. The highest BCUT2D eigenvalue weighted by Gasteiger charge is 2.38. The number of carbonyl (C=O) groups excluding carboxylic acids is 2. The predicted octanol–water partition coefficient (Wildman–Crippen LogP) is 1.70. The van der Waals surface area contributed by atoms with Crippen LogP contribution < -0.4 is 5.32 Å². The Kier molecular flexibility index (Phi) is 3.94. The number of nitrogens with zero attached hydrogens (tertiary/aromatic N) is 2. The van der Waals surface area contributed by atoms with Gasteiger partial charge in [0, 0.05) is 30.8 Å². The first-order chi connectivity index (χ1) is 10.2. The molecule has 21 heavy (non-hydrogen) atoms. The average Bonchev–Trinajstić information content (AvgIpc) is 3.17. The largest absolute Gasteiger partial charge is 0.339 e. The molecule has 0 aromatic carbocycles. The number of hydrogen-bond donors (Lipinski definition) is 2. The van der Waals surface area contributed by atoms with Gasteiger partial charge in [-0.05, 0) is 19.3 Å². The summed E-state index contributed by atoms with van der Waals surface area (Å²) in [6.07, 6.45) is 5.73. The van der Waals surface area contributed by atoms with Gasteiger partial charge in [0.15, 0.2) is 5.82 Å². The molecule has 1 aliphatic heterocycles. The van der Waals surface area contributed by atoms with E-state index in [4.69, 9.17) is 0 Å². The zero-order chi connectivity index (χ0) is 14.8. The Morgan fingerprint density at radius 1 is 1.48 bits per heavy atom. The molecule has 2 N–H and O–H groups in total. The number of carbonyl (C=O) groups is 2. The summed E-state index contributed by atoms with van der Waals surface area (Å²) in [7, 11) is 0. The number of amides is 2. The third-order valence-corrected chi connectivity index (χ3v) is 4.56. The molecule has 2 heterocycles. The molecule has 2 fully saturated rings. The van der Waals surface area contributed by atoms with Gasteiger partial charge in [0.25, 0.3) is 0 Å². The molecular weight excluding hydrogens is 268 g/mol. The molecule has 1 aromatic heterocycles. The number of hydrogen-bond acceptors (Lipinski definition) is 3. The van der Waals surface area contributed by atoms with E-state index >= 15 is 0 Å². The molecule has 2 amide bonds. The summed E-state index contributed by atoms with van der Waals surface area (Å²) in [4.78, 5) is 26.3. The summed E-state index contributed by atoms with van der Waals surface area (Å²) in [5.74, 6) is 0.319. The van der Waals surface area contributed by atoms with E-state index in [2.05, 4.69) is 15.5 Å². The molecule has 0 spiro atoms. The van der Waals surface area contributed by atoms with Gasteiger partial charge in [-0.15, -0.1) is 0 Å². The zero-order valence-electron chi connectivity index (χ0n) is 12.4. The van der Waals surface area contributed by atoms with E-state index in [0.717, 1.165) is 25.0 Å². The number of aryl methyl sites for hydroxylation is 1. The Hall–Kier alpha value is -1.85. The summed E-state index contributed by atoms with van der Waals surface area (Å²) in [6, 6.07) is 2.19. The molecule has 1 saturated heterocycles. The second-order valence-corrected chi connectivity index (χ2v) is 6.01. The van der Waals surface area contributed by atoms with Crippen molar-refractivity contribution in [3.8, 4) is 0 Å². The summed E-state index contributed by atoms with van der Waals surface area (Å²) in [5, 5.41) is 9.74. The quantitative estimate of drug-likeness (QED) is 0.886. The van der Waals surface area contributed by atoms with Crippen molar-refractivity contribution >= 4 is 17.6 Å². The van der Waals surface area contributed by atoms with Crippen LogP contribution in [0.25, 0.3) is 0 Å². The van der Waals surface area contributed by atoms with Gasteiger partial charge in [0.2, 0.25) is 11.8 Å². The molecule has 2 aliphatic rings. The van der Waals surface area contributed by atoms with Crippen molar-refractivity contribution in [1.29, 1.82) is 0 Å². The Morgan fingerprint density at radius 3 is 2.90 bits per heavy atom. The minimum Gasteiger partial charge on any atom is -0.339 e. The first-order valence-electron chi connectivity index (χ1n) is 7.82. The van der Waals surface area contributed by atoms with Crippen LogP contribution in [0.3, 0.4) is 0 Å². The summed E-state index contributed by atoms with van der Waals surface area (Å²) in [5.41, 5.74) is 0.986. The monoisotopic (exact) mass is 290 g/mol. The summed E-state index contributed by atoms with van der Waals surface area (Å²) < 4.78 is 0. The maximum atomic E-state index is 12.3. The number of likely N-dealkylation sites (tertiary alicyclic amines) is 1. The van der Waals surface area contributed by atoms with Crippen LogP contribution in [0.1, 0.15) is 44.7 Å². The molecule has 3 rings (SSSR count). The van der Waals surface area contributed by atoms with Crippen molar-refractivity contribution in [2.24, 2.45) is 5.92 Å². The van der Waals surface area contributed by atoms with Crippen LogP contribution in [0.4, 0.5) is 5.82 Å². The fourth-order valence-corrected chi connectivity index (χ4v) is 3.31. The van der Waals surface area contributed by atoms with Crippen LogP contribution in [-0.4, -0.2) is 39.5 Å². The molecule has 1 unspecified atom stereocenters. The Balaban J connectivity index is 1.59. The minimum atomic E-state index is -0.250. The number of aromatic amines is 1. The molecule has 6 nitrogen and oxygen atoms in total. The lowest BCUT2D eigenvalue weighted by molar-refractivity contribution is -0.129. The zero-order valence-corrected chi connectivity index (χ0v) is 12.4. The average molecular weight is 290 g/mol. The third kappa shape index (κ3) is 2.94. The minimum absolute atomic E-state index is 0.0991. The molecule has 6 heteroatoms. The highest BCUT2D eigenvalue weighted by molar-refractivity contribution is 5.96. The van der Waals surface area contributed by atoms with Crippen LogP contribution in [0.2, 0.25) is 0 Å². The van der Waals surface area contributed by atoms with E-state index in [1.54, 1.807) is 0 Å². The van der Waals surface area contributed by atoms with E-state index in [-0.39, 0.29) is 17.7 Å².